The van der Waals surface area contributed by atoms with E-state index < -0.39 is 0 Å². The molecule has 0 radical (unpaired) electrons. The third-order valence-corrected chi connectivity index (χ3v) is 5.22. The van der Waals surface area contributed by atoms with Crippen LogP contribution < -0.4 is 9.80 Å². The number of rotatable bonds is 6. The SMILES string of the molecule is O=C1N(CC(=O)N(Cc2ccccc2)c2ccccn2)CCN1c1ccc(Cl)cc1. The molecule has 3 amide bonds. The largest absolute Gasteiger partial charge is 0.325 e. The molecule has 0 bridgehead atoms. The van der Waals surface area contributed by atoms with Gasteiger partial charge in [-0.25, -0.2) is 9.78 Å². The van der Waals surface area contributed by atoms with Crippen LogP contribution in [-0.2, 0) is 11.3 Å². The molecule has 0 unspecified atom stereocenters. The van der Waals surface area contributed by atoms with Crippen molar-refractivity contribution in [2.45, 2.75) is 6.54 Å². The third-order valence-electron chi connectivity index (χ3n) is 4.97. The zero-order chi connectivity index (χ0) is 20.9. The number of halogens is 1. The van der Waals surface area contributed by atoms with E-state index in [2.05, 4.69) is 4.98 Å². The van der Waals surface area contributed by atoms with Gasteiger partial charge in [-0.1, -0.05) is 48.0 Å². The first-order valence-corrected chi connectivity index (χ1v) is 10.1. The van der Waals surface area contributed by atoms with E-state index in [1.165, 1.54) is 0 Å². The van der Waals surface area contributed by atoms with E-state index in [1.54, 1.807) is 51.2 Å². The number of nitrogens with zero attached hydrogens (tertiary/aromatic N) is 4. The third kappa shape index (κ3) is 4.44. The van der Waals surface area contributed by atoms with E-state index in [9.17, 15) is 9.59 Å². The van der Waals surface area contributed by atoms with Crippen molar-refractivity contribution in [1.82, 2.24) is 9.88 Å². The Balaban J connectivity index is 1.49. The number of carbonyl (C=O) groups excluding carboxylic acids is 2. The molecule has 30 heavy (non-hydrogen) atoms. The topological polar surface area (TPSA) is 56.8 Å². The van der Waals surface area contributed by atoms with Crippen LogP contribution in [0.3, 0.4) is 0 Å². The monoisotopic (exact) mass is 420 g/mol. The van der Waals surface area contributed by atoms with E-state index in [1.807, 2.05) is 42.5 Å². The lowest BCUT2D eigenvalue weighted by Crippen LogP contribution is -2.42. The molecule has 1 aromatic heterocycles. The van der Waals surface area contributed by atoms with Crippen molar-refractivity contribution in [3.8, 4) is 0 Å². The fraction of sp³-hybridized carbons (Fsp3) is 0.174. The average molecular weight is 421 g/mol. The highest BCUT2D eigenvalue weighted by Crippen LogP contribution is 2.23. The highest BCUT2D eigenvalue weighted by atomic mass is 35.5. The summed E-state index contributed by atoms with van der Waals surface area (Å²) in [6, 6.07) is 22.1. The Kier molecular flexibility index (Phi) is 5.95. The van der Waals surface area contributed by atoms with Gasteiger partial charge in [-0.2, -0.15) is 0 Å². The molecule has 1 fully saturated rings. The van der Waals surface area contributed by atoms with Gasteiger partial charge >= 0.3 is 6.03 Å². The van der Waals surface area contributed by atoms with E-state index in [0.29, 0.717) is 30.5 Å². The summed E-state index contributed by atoms with van der Waals surface area (Å²) in [7, 11) is 0. The maximum Gasteiger partial charge on any atom is 0.325 e. The van der Waals surface area contributed by atoms with E-state index in [4.69, 9.17) is 11.6 Å². The van der Waals surface area contributed by atoms with Crippen molar-refractivity contribution in [2.75, 3.05) is 29.4 Å². The minimum atomic E-state index is -0.189. The zero-order valence-electron chi connectivity index (χ0n) is 16.3. The number of hydrogen-bond acceptors (Lipinski definition) is 3. The number of pyridine rings is 1. The van der Waals surface area contributed by atoms with Crippen LogP contribution in [0.5, 0.6) is 0 Å². The Bertz CT molecular complexity index is 1010. The van der Waals surface area contributed by atoms with Gasteiger partial charge in [0, 0.05) is 30.0 Å². The highest BCUT2D eigenvalue weighted by Gasteiger charge is 2.32. The average Bonchev–Trinajstić information content (AvgIpc) is 3.14. The first-order valence-electron chi connectivity index (χ1n) is 9.69. The van der Waals surface area contributed by atoms with Crippen LogP contribution in [0.15, 0.2) is 79.0 Å². The Hall–Kier alpha value is -3.38. The van der Waals surface area contributed by atoms with Gasteiger partial charge < -0.3 is 4.90 Å². The fourth-order valence-electron chi connectivity index (χ4n) is 3.41. The van der Waals surface area contributed by atoms with Crippen molar-refractivity contribution in [3.63, 3.8) is 0 Å². The molecule has 7 heteroatoms. The number of benzene rings is 2. The summed E-state index contributed by atoms with van der Waals surface area (Å²) in [4.78, 5) is 35.3. The lowest BCUT2D eigenvalue weighted by molar-refractivity contribution is -0.119. The molecular formula is C23H21ClN4O2. The van der Waals surface area contributed by atoms with Crippen molar-refractivity contribution >= 4 is 35.0 Å². The maximum absolute atomic E-state index is 13.2. The van der Waals surface area contributed by atoms with Gasteiger partial charge in [0.15, 0.2) is 0 Å². The molecule has 4 rings (SSSR count). The minimum absolute atomic E-state index is 0.00761. The summed E-state index contributed by atoms with van der Waals surface area (Å²) >= 11 is 5.94. The summed E-state index contributed by atoms with van der Waals surface area (Å²) in [6.07, 6.45) is 1.66. The molecule has 3 aromatic rings. The van der Waals surface area contributed by atoms with Gasteiger partial charge in [0.1, 0.15) is 12.4 Å². The summed E-state index contributed by atoms with van der Waals surface area (Å²) in [5, 5.41) is 0.615. The van der Waals surface area contributed by atoms with Crippen LogP contribution in [0.4, 0.5) is 16.3 Å². The van der Waals surface area contributed by atoms with Crippen LogP contribution in [0, 0.1) is 0 Å². The minimum Gasteiger partial charge on any atom is -0.313 e. The summed E-state index contributed by atoms with van der Waals surface area (Å²) < 4.78 is 0. The van der Waals surface area contributed by atoms with Gasteiger partial charge in [-0.15, -0.1) is 0 Å². The predicted octanol–water partition coefficient (Wildman–Crippen LogP) is 4.21. The molecule has 0 atom stereocenters. The van der Waals surface area contributed by atoms with Crippen LogP contribution in [-0.4, -0.2) is 41.5 Å². The zero-order valence-corrected chi connectivity index (χ0v) is 17.1. The second kappa shape index (κ2) is 8.97. The molecule has 2 heterocycles. The van der Waals surface area contributed by atoms with Crippen molar-refractivity contribution < 1.29 is 9.59 Å². The van der Waals surface area contributed by atoms with E-state index in [-0.39, 0.29) is 18.5 Å². The first-order chi connectivity index (χ1) is 14.6. The number of carbonyl (C=O) groups is 2. The number of hydrogen-bond donors (Lipinski definition) is 0. The van der Waals surface area contributed by atoms with Crippen LogP contribution in [0.25, 0.3) is 0 Å². The number of urea groups is 1. The van der Waals surface area contributed by atoms with Gasteiger partial charge in [0.05, 0.1) is 6.54 Å². The lowest BCUT2D eigenvalue weighted by Gasteiger charge is -2.25. The number of aromatic nitrogens is 1. The molecule has 6 nitrogen and oxygen atoms in total. The molecular weight excluding hydrogens is 400 g/mol. The summed E-state index contributed by atoms with van der Waals surface area (Å²) in [5.74, 6) is 0.386. The predicted molar refractivity (Wildman–Crippen MR) is 118 cm³/mol. The summed E-state index contributed by atoms with van der Waals surface area (Å²) in [6.45, 7) is 1.39. The lowest BCUT2D eigenvalue weighted by atomic mass is 10.2. The molecule has 1 aliphatic heterocycles. The van der Waals surface area contributed by atoms with Crippen LogP contribution >= 0.6 is 11.6 Å². The second-order valence-corrected chi connectivity index (χ2v) is 7.42. The van der Waals surface area contributed by atoms with Gasteiger partial charge in [0.25, 0.3) is 0 Å². The Morgan fingerprint density at radius 3 is 2.40 bits per heavy atom. The standard InChI is InChI=1S/C23H21ClN4O2/c24-19-9-11-20(12-10-19)27-15-14-26(23(27)30)17-22(29)28(21-8-4-5-13-25-21)16-18-6-2-1-3-7-18/h1-13H,14-17H2. The summed E-state index contributed by atoms with van der Waals surface area (Å²) in [5.41, 5.74) is 1.76. The molecule has 1 saturated heterocycles. The Morgan fingerprint density at radius 1 is 0.967 bits per heavy atom. The molecule has 152 valence electrons. The molecule has 0 spiro atoms. The number of amides is 3. The quantitative estimate of drug-likeness (QED) is 0.600. The van der Waals surface area contributed by atoms with Crippen LogP contribution in [0.2, 0.25) is 5.02 Å². The molecule has 1 aliphatic rings. The van der Waals surface area contributed by atoms with Crippen molar-refractivity contribution in [3.05, 3.63) is 89.6 Å². The van der Waals surface area contributed by atoms with Gasteiger partial charge in [-0.3, -0.25) is 14.6 Å². The smallest absolute Gasteiger partial charge is 0.313 e. The molecule has 0 N–H and O–H groups in total. The maximum atomic E-state index is 13.2. The molecule has 2 aromatic carbocycles. The van der Waals surface area contributed by atoms with Crippen molar-refractivity contribution in [2.24, 2.45) is 0 Å². The van der Waals surface area contributed by atoms with Gasteiger partial charge in [0.2, 0.25) is 5.91 Å². The van der Waals surface area contributed by atoms with Crippen LogP contribution in [0.1, 0.15) is 5.56 Å². The van der Waals surface area contributed by atoms with Crippen molar-refractivity contribution in [1.29, 1.82) is 0 Å². The normalized spacial score (nSPS) is 13.6. The van der Waals surface area contributed by atoms with E-state index >= 15 is 0 Å². The second-order valence-electron chi connectivity index (χ2n) is 6.99. The molecule has 0 aliphatic carbocycles. The first kappa shape index (κ1) is 19.9. The molecule has 0 saturated carbocycles. The number of anilines is 2. The Morgan fingerprint density at radius 2 is 1.70 bits per heavy atom. The highest BCUT2D eigenvalue weighted by molar-refractivity contribution is 6.30. The van der Waals surface area contributed by atoms with E-state index in [0.717, 1.165) is 11.3 Å². The Labute approximate surface area is 180 Å². The fourth-order valence-corrected chi connectivity index (χ4v) is 3.54. The van der Waals surface area contributed by atoms with Gasteiger partial charge in [-0.05, 0) is 42.0 Å².